The fourth-order valence-electron chi connectivity index (χ4n) is 2.92. The van der Waals surface area contributed by atoms with Crippen LogP contribution in [-0.4, -0.2) is 28.0 Å². The molecule has 0 saturated carbocycles. The maximum absolute atomic E-state index is 12.9. The summed E-state index contributed by atoms with van der Waals surface area (Å²) in [4.78, 5) is 29.9. The molecule has 1 N–H and O–H groups in total. The van der Waals surface area contributed by atoms with Crippen molar-refractivity contribution >= 4 is 44.9 Å². The molecule has 152 valence electrons. The summed E-state index contributed by atoms with van der Waals surface area (Å²) in [5.74, 6) is 1.72. The minimum atomic E-state index is -0.177. The summed E-state index contributed by atoms with van der Waals surface area (Å²) >= 11 is 2.67. The molecule has 4 rings (SSSR count). The number of nitrogens with zero attached hydrogens (tertiary/aromatic N) is 2. The minimum Gasteiger partial charge on any atom is -0.454 e. The number of ether oxygens (including phenoxy) is 2. The number of carbonyl (C=O) groups is 1. The zero-order valence-electron chi connectivity index (χ0n) is 16.1. The van der Waals surface area contributed by atoms with E-state index in [0.717, 1.165) is 6.42 Å². The van der Waals surface area contributed by atoms with Gasteiger partial charge in [-0.1, -0.05) is 25.6 Å². The molecule has 0 atom stereocenters. The second-order valence-electron chi connectivity index (χ2n) is 7.07. The molecule has 2 aromatic heterocycles. The molecule has 1 aliphatic rings. The molecule has 0 fully saturated rings. The van der Waals surface area contributed by atoms with Gasteiger partial charge in [0.15, 0.2) is 16.7 Å². The van der Waals surface area contributed by atoms with E-state index in [9.17, 15) is 9.59 Å². The molecule has 1 amide bonds. The fraction of sp³-hybridized carbons (Fsp3) is 0.350. The first-order valence-electron chi connectivity index (χ1n) is 9.31. The van der Waals surface area contributed by atoms with Crippen LogP contribution in [0.4, 0.5) is 5.69 Å². The Bertz CT molecular complexity index is 1110. The number of rotatable bonds is 7. The lowest BCUT2D eigenvalue weighted by Crippen LogP contribution is -2.24. The molecule has 0 unspecified atom stereocenters. The van der Waals surface area contributed by atoms with Gasteiger partial charge >= 0.3 is 0 Å². The van der Waals surface area contributed by atoms with Crippen LogP contribution in [0.1, 0.15) is 20.3 Å². The summed E-state index contributed by atoms with van der Waals surface area (Å²) in [6.45, 7) is 5.01. The van der Waals surface area contributed by atoms with Gasteiger partial charge in [-0.15, -0.1) is 11.3 Å². The van der Waals surface area contributed by atoms with Crippen LogP contribution < -0.4 is 20.3 Å². The number of thiophene rings is 1. The number of benzene rings is 1. The number of amides is 1. The maximum Gasteiger partial charge on any atom is 0.272 e. The highest BCUT2D eigenvalue weighted by molar-refractivity contribution is 7.99. The molecule has 1 aromatic carbocycles. The number of carbonyl (C=O) groups excluding carboxylic acids is 1. The van der Waals surface area contributed by atoms with Gasteiger partial charge < -0.3 is 14.8 Å². The largest absolute Gasteiger partial charge is 0.454 e. The summed E-state index contributed by atoms with van der Waals surface area (Å²) in [5.41, 5.74) is 1.28. The molecule has 29 heavy (non-hydrogen) atoms. The topological polar surface area (TPSA) is 82.5 Å². The van der Waals surface area contributed by atoms with Gasteiger partial charge in [0.05, 0.1) is 11.3 Å². The zero-order valence-corrected chi connectivity index (χ0v) is 17.8. The zero-order chi connectivity index (χ0) is 20.4. The van der Waals surface area contributed by atoms with Crippen molar-refractivity contribution in [3.63, 3.8) is 0 Å². The molecular formula is C20H21N3O4S2. The number of thioether (sulfide) groups is 1. The SMILES string of the molecule is CC(C)CCn1c(SCC(=O)Nc2ccc3c(c2)OCO3)nc2ccsc2c1=O. The van der Waals surface area contributed by atoms with Gasteiger partial charge in [0.1, 0.15) is 4.70 Å². The van der Waals surface area contributed by atoms with Crippen LogP contribution in [0.3, 0.4) is 0 Å². The molecule has 7 nitrogen and oxygen atoms in total. The first-order chi connectivity index (χ1) is 14.0. The number of hydrogen-bond donors (Lipinski definition) is 1. The molecule has 3 heterocycles. The average Bonchev–Trinajstić information content (AvgIpc) is 3.34. The Morgan fingerprint density at radius 1 is 1.31 bits per heavy atom. The molecule has 0 saturated heterocycles. The summed E-state index contributed by atoms with van der Waals surface area (Å²) in [5, 5.41) is 5.29. The third-order valence-corrected chi connectivity index (χ3v) is 6.32. The van der Waals surface area contributed by atoms with Gasteiger partial charge in [-0.25, -0.2) is 4.98 Å². The first kappa shape index (κ1) is 19.8. The van der Waals surface area contributed by atoms with Crippen LogP contribution in [0.2, 0.25) is 0 Å². The van der Waals surface area contributed by atoms with Crippen molar-refractivity contribution in [1.82, 2.24) is 9.55 Å². The third kappa shape index (κ3) is 4.40. The van der Waals surface area contributed by atoms with Gasteiger partial charge in [-0.2, -0.15) is 0 Å². The van der Waals surface area contributed by atoms with Crippen molar-refractivity contribution in [2.24, 2.45) is 5.92 Å². The lowest BCUT2D eigenvalue weighted by molar-refractivity contribution is -0.113. The predicted molar refractivity (Wildman–Crippen MR) is 115 cm³/mol. The average molecular weight is 432 g/mol. The summed E-state index contributed by atoms with van der Waals surface area (Å²) in [6, 6.07) is 7.11. The van der Waals surface area contributed by atoms with Gasteiger partial charge in [0, 0.05) is 18.3 Å². The lowest BCUT2D eigenvalue weighted by Gasteiger charge is -2.13. The van der Waals surface area contributed by atoms with E-state index in [2.05, 4.69) is 24.1 Å². The van der Waals surface area contributed by atoms with Crippen molar-refractivity contribution in [1.29, 1.82) is 0 Å². The molecule has 0 radical (unpaired) electrons. The van der Waals surface area contributed by atoms with E-state index in [0.29, 0.717) is 45.0 Å². The Kier molecular flexibility index (Phi) is 5.77. The number of aromatic nitrogens is 2. The van der Waals surface area contributed by atoms with Crippen LogP contribution in [0.15, 0.2) is 39.6 Å². The van der Waals surface area contributed by atoms with Crippen LogP contribution in [-0.2, 0) is 11.3 Å². The van der Waals surface area contributed by atoms with E-state index >= 15 is 0 Å². The van der Waals surface area contributed by atoms with E-state index in [4.69, 9.17) is 9.47 Å². The van der Waals surface area contributed by atoms with Crippen molar-refractivity contribution in [2.75, 3.05) is 17.9 Å². The van der Waals surface area contributed by atoms with Crippen LogP contribution in [0.25, 0.3) is 10.2 Å². The fourth-order valence-corrected chi connectivity index (χ4v) is 4.52. The summed E-state index contributed by atoms with van der Waals surface area (Å²) < 4.78 is 13.0. The van der Waals surface area contributed by atoms with Crippen molar-refractivity contribution < 1.29 is 14.3 Å². The van der Waals surface area contributed by atoms with Crippen LogP contribution in [0, 0.1) is 5.92 Å². The van der Waals surface area contributed by atoms with Crippen LogP contribution in [0.5, 0.6) is 11.5 Å². The molecule has 0 bridgehead atoms. The van der Waals surface area contributed by atoms with Gasteiger partial charge in [-0.05, 0) is 35.9 Å². The van der Waals surface area contributed by atoms with E-state index < -0.39 is 0 Å². The third-order valence-electron chi connectivity index (χ3n) is 4.45. The Hall–Kier alpha value is -2.52. The van der Waals surface area contributed by atoms with Crippen molar-refractivity contribution in [2.45, 2.75) is 32.0 Å². The smallest absolute Gasteiger partial charge is 0.272 e. The van der Waals surface area contributed by atoms with E-state index in [1.807, 2.05) is 11.4 Å². The van der Waals surface area contributed by atoms with E-state index in [1.165, 1.54) is 23.1 Å². The van der Waals surface area contributed by atoms with Crippen LogP contribution >= 0.6 is 23.1 Å². The summed E-state index contributed by atoms with van der Waals surface area (Å²) in [6.07, 6.45) is 0.870. The second-order valence-corrected chi connectivity index (χ2v) is 8.93. The minimum absolute atomic E-state index is 0.0377. The number of hydrogen-bond acceptors (Lipinski definition) is 7. The number of anilines is 1. The predicted octanol–water partition coefficient (Wildman–Crippen LogP) is 3.96. The molecule has 0 spiro atoms. The first-order valence-corrected chi connectivity index (χ1v) is 11.2. The van der Waals surface area contributed by atoms with E-state index in [1.54, 1.807) is 22.8 Å². The highest BCUT2D eigenvalue weighted by Crippen LogP contribution is 2.34. The molecule has 1 aliphatic heterocycles. The Morgan fingerprint density at radius 2 is 2.14 bits per heavy atom. The number of fused-ring (bicyclic) bond motifs is 2. The van der Waals surface area contributed by atoms with Crippen molar-refractivity contribution in [3.05, 3.63) is 40.0 Å². The monoisotopic (exact) mass is 431 g/mol. The molecule has 3 aromatic rings. The van der Waals surface area contributed by atoms with Gasteiger partial charge in [0.2, 0.25) is 12.7 Å². The molecule has 0 aliphatic carbocycles. The maximum atomic E-state index is 12.9. The Balaban J connectivity index is 1.48. The highest BCUT2D eigenvalue weighted by atomic mass is 32.2. The van der Waals surface area contributed by atoms with Crippen molar-refractivity contribution in [3.8, 4) is 11.5 Å². The quantitative estimate of drug-likeness (QED) is 0.450. The van der Waals surface area contributed by atoms with E-state index in [-0.39, 0.29) is 24.0 Å². The highest BCUT2D eigenvalue weighted by Gasteiger charge is 2.16. The van der Waals surface area contributed by atoms with Gasteiger partial charge in [0.25, 0.3) is 5.56 Å². The summed E-state index contributed by atoms with van der Waals surface area (Å²) in [7, 11) is 0. The second kappa shape index (κ2) is 8.46. The molecular weight excluding hydrogens is 410 g/mol. The molecule has 9 heteroatoms. The number of nitrogens with one attached hydrogen (secondary N) is 1. The lowest BCUT2D eigenvalue weighted by atomic mass is 10.1. The Morgan fingerprint density at radius 3 is 2.97 bits per heavy atom. The Labute approximate surface area is 176 Å². The standard InChI is InChI=1S/C20H21N3O4S2/c1-12(2)5-7-23-19(25)18-14(6-8-28-18)22-20(23)29-10-17(24)21-13-3-4-15-16(9-13)27-11-26-15/h3-4,6,8-9,12H,5,7,10-11H2,1-2H3,(H,21,24). The van der Waals surface area contributed by atoms with Gasteiger partial charge in [-0.3, -0.25) is 14.2 Å². The normalized spacial score (nSPS) is 12.7.